The van der Waals surface area contributed by atoms with E-state index < -0.39 is 0 Å². The molecule has 9 heavy (non-hydrogen) atoms. The molecule has 1 amide bonds. The van der Waals surface area contributed by atoms with Crippen molar-refractivity contribution in [2.45, 2.75) is 20.3 Å². The van der Waals surface area contributed by atoms with E-state index in [4.69, 9.17) is 5.73 Å². The number of nitrogens with two attached hydrogens (primary N) is 1. The maximum absolute atomic E-state index is 10.4. The van der Waals surface area contributed by atoms with E-state index in [2.05, 4.69) is 0 Å². The van der Waals surface area contributed by atoms with E-state index >= 15 is 0 Å². The highest BCUT2D eigenvalue weighted by molar-refractivity contribution is 5.76. The van der Waals surface area contributed by atoms with Gasteiger partial charge < -0.3 is 5.73 Å². The molecule has 0 aromatic rings. The summed E-state index contributed by atoms with van der Waals surface area (Å²) in [6, 6.07) is 0. The fourth-order valence-electron chi connectivity index (χ4n) is 0.456. The number of allylic oxidation sites excluding steroid dienone is 2. The Morgan fingerprint density at radius 2 is 2.33 bits per heavy atom. The predicted octanol–water partition coefficient (Wildman–Crippen LogP) is 1.07. The highest BCUT2D eigenvalue weighted by Gasteiger charge is 2.03. The number of primary amides is 1. The second-order valence-corrected chi connectivity index (χ2v) is 2.11. The average molecular weight is 127 g/mol. The molecule has 1 unspecified atom stereocenters. The van der Waals surface area contributed by atoms with Crippen LogP contribution in [0.3, 0.4) is 0 Å². The molecule has 52 valence electrons. The van der Waals surface area contributed by atoms with Gasteiger partial charge in [0.05, 0.1) is 0 Å². The Hall–Kier alpha value is -0.790. The number of rotatable bonds is 3. The summed E-state index contributed by atoms with van der Waals surface area (Å²) in [5.74, 6) is -0.255. The van der Waals surface area contributed by atoms with Gasteiger partial charge in [0.15, 0.2) is 0 Å². The minimum Gasteiger partial charge on any atom is -0.369 e. The molecule has 0 saturated heterocycles. The smallest absolute Gasteiger partial charge is 0.220 e. The lowest BCUT2D eigenvalue weighted by molar-refractivity contribution is -0.121. The summed E-state index contributed by atoms with van der Waals surface area (Å²) in [5.41, 5.74) is 5.00. The van der Waals surface area contributed by atoms with Crippen molar-refractivity contribution in [2.24, 2.45) is 11.7 Å². The van der Waals surface area contributed by atoms with Gasteiger partial charge in [-0.25, -0.2) is 0 Å². The van der Waals surface area contributed by atoms with Crippen LogP contribution in [0.25, 0.3) is 0 Å². The summed E-state index contributed by atoms with van der Waals surface area (Å²) >= 11 is 0. The molecule has 0 aliphatic heterocycles. The van der Waals surface area contributed by atoms with E-state index in [-0.39, 0.29) is 11.8 Å². The Morgan fingerprint density at radius 1 is 1.78 bits per heavy atom. The Balaban J connectivity index is 3.50. The maximum Gasteiger partial charge on any atom is 0.220 e. The van der Waals surface area contributed by atoms with E-state index in [9.17, 15) is 4.79 Å². The highest BCUT2D eigenvalue weighted by atomic mass is 16.1. The van der Waals surface area contributed by atoms with Crippen molar-refractivity contribution in [2.75, 3.05) is 0 Å². The summed E-state index contributed by atoms with van der Waals surface area (Å²) < 4.78 is 0. The zero-order valence-electron chi connectivity index (χ0n) is 5.92. The van der Waals surface area contributed by atoms with E-state index in [0.717, 1.165) is 6.42 Å². The second kappa shape index (κ2) is 4.13. The molecule has 0 fully saturated rings. The minimum atomic E-state index is -0.229. The van der Waals surface area contributed by atoms with Gasteiger partial charge in [0.1, 0.15) is 0 Å². The average Bonchev–Trinajstić information content (AvgIpc) is 1.82. The number of amides is 1. The lowest BCUT2D eigenvalue weighted by atomic mass is 10.1. The van der Waals surface area contributed by atoms with Crippen LogP contribution in [0.5, 0.6) is 0 Å². The molecule has 0 rings (SSSR count). The molecular formula is C7H13NO. The lowest BCUT2D eigenvalue weighted by Crippen LogP contribution is -2.19. The van der Waals surface area contributed by atoms with Crippen molar-refractivity contribution in [3.8, 4) is 0 Å². The first kappa shape index (κ1) is 8.21. The van der Waals surface area contributed by atoms with Crippen LogP contribution in [0.2, 0.25) is 0 Å². The van der Waals surface area contributed by atoms with E-state index in [0.29, 0.717) is 0 Å². The van der Waals surface area contributed by atoms with Crippen molar-refractivity contribution in [3.63, 3.8) is 0 Å². The molecule has 1 atom stereocenters. The van der Waals surface area contributed by atoms with E-state index in [1.807, 2.05) is 26.0 Å². The first-order valence-corrected chi connectivity index (χ1v) is 3.09. The number of carbonyl (C=O) groups excluding carboxylic acids is 1. The molecule has 0 aliphatic rings. The van der Waals surface area contributed by atoms with Gasteiger partial charge in [-0.05, 0) is 13.3 Å². The van der Waals surface area contributed by atoms with Crippen LogP contribution in [0.4, 0.5) is 0 Å². The SMILES string of the molecule is C/C=C/CC(C)C(N)=O. The zero-order chi connectivity index (χ0) is 7.28. The summed E-state index contributed by atoms with van der Waals surface area (Å²) in [5, 5.41) is 0. The van der Waals surface area contributed by atoms with Crippen molar-refractivity contribution >= 4 is 5.91 Å². The normalized spacial score (nSPS) is 14.0. The van der Waals surface area contributed by atoms with Crippen LogP contribution in [0.1, 0.15) is 20.3 Å². The minimum absolute atomic E-state index is 0.0267. The summed E-state index contributed by atoms with van der Waals surface area (Å²) in [6.07, 6.45) is 4.61. The van der Waals surface area contributed by atoms with E-state index in [1.165, 1.54) is 0 Å². The third-order valence-electron chi connectivity index (χ3n) is 1.21. The Bertz CT molecular complexity index is 118. The number of carbonyl (C=O) groups is 1. The quantitative estimate of drug-likeness (QED) is 0.566. The summed E-state index contributed by atoms with van der Waals surface area (Å²) in [7, 11) is 0. The third kappa shape index (κ3) is 3.76. The van der Waals surface area contributed by atoms with Gasteiger partial charge in [0, 0.05) is 5.92 Å². The van der Waals surface area contributed by atoms with Gasteiger partial charge in [-0.1, -0.05) is 19.1 Å². The van der Waals surface area contributed by atoms with Crippen molar-refractivity contribution in [1.82, 2.24) is 0 Å². The van der Waals surface area contributed by atoms with Crippen LogP contribution in [-0.2, 0) is 4.79 Å². The molecule has 0 heterocycles. The molecule has 2 heteroatoms. The highest BCUT2D eigenvalue weighted by Crippen LogP contribution is 2.00. The van der Waals surface area contributed by atoms with Gasteiger partial charge in [-0.3, -0.25) is 4.79 Å². The maximum atomic E-state index is 10.4. The predicted molar refractivity (Wildman–Crippen MR) is 37.8 cm³/mol. The fraction of sp³-hybridized carbons (Fsp3) is 0.571. The van der Waals surface area contributed by atoms with Gasteiger partial charge in [0.25, 0.3) is 0 Å². The first-order valence-electron chi connectivity index (χ1n) is 3.09. The van der Waals surface area contributed by atoms with Crippen molar-refractivity contribution in [3.05, 3.63) is 12.2 Å². The monoisotopic (exact) mass is 127 g/mol. The zero-order valence-corrected chi connectivity index (χ0v) is 5.92. The van der Waals surface area contributed by atoms with Gasteiger partial charge in [0.2, 0.25) is 5.91 Å². The molecule has 0 spiro atoms. The fourth-order valence-corrected chi connectivity index (χ4v) is 0.456. The molecule has 0 aromatic carbocycles. The molecule has 2 N–H and O–H groups in total. The Kier molecular flexibility index (Phi) is 3.76. The molecular weight excluding hydrogens is 114 g/mol. The third-order valence-corrected chi connectivity index (χ3v) is 1.21. The van der Waals surface area contributed by atoms with Gasteiger partial charge in [-0.2, -0.15) is 0 Å². The van der Waals surface area contributed by atoms with Gasteiger partial charge >= 0.3 is 0 Å². The van der Waals surface area contributed by atoms with E-state index in [1.54, 1.807) is 0 Å². The van der Waals surface area contributed by atoms with Crippen LogP contribution in [-0.4, -0.2) is 5.91 Å². The second-order valence-electron chi connectivity index (χ2n) is 2.11. The Morgan fingerprint density at radius 3 is 2.67 bits per heavy atom. The molecule has 0 radical (unpaired) electrons. The first-order chi connectivity index (χ1) is 4.18. The molecule has 0 aliphatic carbocycles. The Labute approximate surface area is 55.7 Å². The summed E-state index contributed by atoms with van der Waals surface area (Å²) in [4.78, 5) is 10.4. The standard InChI is InChI=1S/C7H13NO/c1-3-4-5-6(2)7(8)9/h3-4,6H,5H2,1-2H3,(H2,8,9)/b4-3+. The topological polar surface area (TPSA) is 43.1 Å². The molecule has 0 saturated carbocycles. The van der Waals surface area contributed by atoms with Gasteiger partial charge in [-0.15, -0.1) is 0 Å². The van der Waals surface area contributed by atoms with Crippen LogP contribution in [0.15, 0.2) is 12.2 Å². The molecule has 0 bridgehead atoms. The molecule has 2 nitrogen and oxygen atoms in total. The molecule has 0 aromatic heterocycles. The number of hydrogen-bond acceptors (Lipinski definition) is 1. The largest absolute Gasteiger partial charge is 0.369 e. The lowest BCUT2D eigenvalue weighted by Gasteiger charge is -1.99. The summed E-state index contributed by atoms with van der Waals surface area (Å²) in [6.45, 7) is 3.75. The van der Waals surface area contributed by atoms with Crippen LogP contribution in [0, 0.1) is 5.92 Å². The van der Waals surface area contributed by atoms with Crippen LogP contribution >= 0.6 is 0 Å². The van der Waals surface area contributed by atoms with Crippen molar-refractivity contribution in [1.29, 1.82) is 0 Å². The van der Waals surface area contributed by atoms with Crippen molar-refractivity contribution < 1.29 is 4.79 Å². The van der Waals surface area contributed by atoms with Crippen LogP contribution < -0.4 is 5.73 Å². The number of hydrogen-bond donors (Lipinski definition) is 1.